The number of rotatable bonds is 11. The van der Waals surface area contributed by atoms with Gasteiger partial charge in [-0.3, -0.25) is 9.59 Å². The van der Waals surface area contributed by atoms with Crippen molar-refractivity contribution in [2.45, 2.75) is 25.7 Å². The van der Waals surface area contributed by atoms with E-state index in [9.17, 15) is 9.59 Å². The summed E-state index contributed by atoms with van der Waals surface area (Å²) in [6.45, 7) is 2.83. The lowest BCUT2D eigenvalue weighted by atomic mass is 10.2. The molecule has 1 aromatic heterocycles. The lowest BCUT2D eigenvalue weighted by Gasteiger charge is -2.18. The van der Waals surface area contributed by atoms with Gasteiger partial charge in [0.15, 0.2) is 5.11 Å². The van der Waals surface area contributed by atoms with Crippen molar-refractivity contribution < 1.29 is 14.7 Å². The van der Waals surface area contributed by atoms with Gasteiger partial charge in [-0.05, 0) is 43.6 Å². The van der Waals surface area contributed by atoms with Gasteiger partial charge in [0.25, 0.3) is 5.91 Å². The van der Waals surface area contributed by atoms with Crippen molar-refractivity contribution >= 4 is 58.3 Å². The molecular formula is C22H28ClN7O3S. The molecule has 1 fully saturated rings. The molecule has 1 aliphatic rings. The minimum Gasteiger partial charge on any atom is -0.481 e. The SMILES string of the molecule is O=C(O)CCNC(=S)NCCCNc1nc(Nc2ccccc2Cl)ncc1C(=O)N1CCCC1. The molecule has 12 heteroatoms. The summed E-state index contributed by atoms with van der Waals surface area (Å²) < 4.78 is 0. The Morgan fingerprint density at radius 3 is 2.59 bits per heavy atom. The molecule has 1 aliphatic heterocycles. The molecule has 1 amide bonds. The van der Waals surface area contributed by atoms with Crippen LogP contribution in [0.4, 0.5) is 17.5 Å². The summed E-state index contributed by atoms with van der Waals surface area (Å²) in [5.41, 5.74) is 1.09. The summed E-state index contributed by atoms with van der Waals surface area (Å²) in [7, 11) is 0. The van der Waals surface area contributed by atoms with Crippen molar-refractivity contribution in [2.75, 3.05) is 43.4 Å². The molecule has 0 bridgehead atoms. The van der Waals surface area contributed by atoms with Gasteiger partial charge in [0, 0.05) is 38.9 Å². The van der Waals surface area contributed by atoms with E-state index in [2.05, 4.69) is 31.2 Å². The summed E-state index contributed by atoms with van der Waals surface area (Å²) in [4.78, 5) is 34.2. The van der Waals surface area contributed by atoms with E-state index in [4.69, 9.17) is 28.9 Å². The fourth-order valence-electron chi connectivity index (χ4n) is 3.35. The van der Waals surface area contributed by atoms with Gasteiger partial charge in [-0.25, -0.2) is 4.98 Å². The number of carbonyl (C=O) groups is 2. The van der Waals surface area contributed by atoms with Crippen LogP contribution in [0.2, 0.25) is 5.02 Å². The van der Waals surface area contributed by atoms with Gasteiger partial charge in [0.2, 0.25) is 5.95 Å². The van der Waals surface area contributed by atoms with Crippen molar-refractivity contribution in [1.29, 1.82) is 0 Å². The average Bonchev–Trinajstić information content (AvgIpc) is 3.35. The first kappa shape index (κ1) is 25.4. The molecule has 5 N–H and O–H groups in total. The summed E-state index contributed by atoms with van der Waals surface area (Å²) in [5, 5.41) is 21.8. The van der Waals surface area contributed by atoms with E-state index in [1.54, 1.807) is 6.07 Å². The standard InChI is InChI=1S/C22H28ClN7O3S/c23-16-6-1-2-7-17(16)28-21-27-14-15(20(33)30-12-3-4-13-30)19(29-21)24-9-5-10-25-22(34)26-11-8-18(31)32/h1-2,6-7,14H,3-5,8-13H2,(H,31,32)(H2,25,26,34)(H2,24,27,28,29). The van der Waals surface area contributed by atoms with Crippen molar-refractivity contribution in [3.63, 3.8) is 0 Å². The quantitative estimate of drug-likeness (QED) is 0.229. The van der Waals surface area contributed by atoms with Crippen LogP contribution >= 0.6 is 23.8 Å². The number of para-hydroxylation sites is 1. The number of nitrogens with one attached hydrogen (secondary N) is 4. The molecule has 1 aromatic carbocycles. The van der Waals surface area contributed by atoms with Crippen LogP contribution in [0.3, 0.4) is 0 Å². The van der Waals surface area contributed by atoms with Gasteiger partial charge in [0.1, 0.15) is 11.4 Å². The maximum absolute atomic E-state index is 13.0. The Morgan fingerprint density at radius 1 is 1.12 bits per heavy atom. The monoisotopic (exact) mass is 505 g/mol. The van der Waals surface area contributed by atoms with E-state index in [1.165, 1.54) is 6.20 Å². The summed E-state index contributed by atoms with van der Waals surface area (Å²) in [6, 6.07) is 7.27. The van der Waals surface area contributed by atoms with E-state index >= 15 is 0 Å². The highest BCUT2D eigenvalue weighted by Crippen LogP contribution is 2.25. The normalized spacial score (nSPS) is 12.8. The topological polar surface area (TPSA) is 132 Å². The molecule has 0 saturated carbocycles. The van der Waals surface area contributed by atoms with Crippen molar-refractivity contribution in [2.24, 2.45) is 0 Å². The first-order chi connectivity index (χ1) is 16.4. The number of halogens is 1. The number of aliphatic carboxylic acids is 1. The second-order valence-corrected chi connectivity index (χ2v) is 8.48. The van der Waals surface area contributed by atoms with Gasteiger partial charge in [-0.15, -0.1) is 0 Å². The zero-order valence-corrected chi connectivity index (χ0v) is 20.2. The van der Waals surface area contributed by atoms with Crippen molar-refractivity contribution in [1.82, 2.24) is 25.5 Å². The molecule has 34 heavy (non-hydrogen) atoms. The summed E-state index contributed by atoms with van der Waals surface area (Å²) >= 11 is 11.4. The number of anilines is 3. The molecule has 182 valence electrons. The zero-order chi connectivity index (χ0) is 24.3. The second-order valence-electron chi connectivity index (χ2n) is 7.67. The van der Waals surface area contributed by atoms with Crippen LogP contribution < -0.4 is 21.3 Å². The molecule has 0 radical (unpaired) electrons. The number of carboxylic acids is 1. The van der Waals surface area contributed by atoms with Crippen molar-refractivity contribution in [3.05, 3.63) is 41.0 Å². The predicted molar refractivity (Wildman–Crippen MR) is 136 cm³/mol. The van der Waals surface area contributed by atoms with Crippen LogP contribution in [0.25, 0.3) is 0 Å². The van der Waals surface area contributed by atoms with Crippen LogP contribution in [0, 0.1) is 0 Å². The number of benzene rings is 1. The first-order valence-corrected chi connectivity index (χ1v) is 11.9. The van der Waals surface area contributed by atoms with Gasteiger partial charge in [0.05, 0.1) is 17.1 Å². The molecule has 1 saturated heterocycles. The molecule has 0 unspecified atom stereocenters. The maximum Gasteiger partial charge on any atom is 0.305 e. The van der Waals surface area contributed by atoms with Gasteiger partial charge >= 0.3 is 5.97 Å². The average molecular weight is 506 g/mol. The van der Waals surface area contributed by atoms with Crippen molar-refractivity contribution in [3.8, 4) is 0 Å². The number of thiocarbonyl (C=S) groups is 1. The van der Waals surface area contributed by atoms with E-state index in [-0.39, 0.29) is 18.9 Å². The Labute approximate surface area is 208 Å². The highest BCUT2D eigenvalue weighted by molar-refractivity contribution is 7.80. The molecule has 0 atom stereocenters. The number of hydrogen-bond acceptors (Lipinski definition) is 7. The number of likely N-dealkylation sites (tertiary alicyclic amines) is 1. The van der Waals surface area contributed by atoms with E-state index in [0.29, 0.717) is 52.7 Å². The van der Waals surface area contributed by atoms with Crippen LogP contribution in [0.15, 0.2) is 30.5 Å². The first-order valence-electron chi connectivity index (χ1n) is 11.1. The third-order valence-electron chi connectivity index (χ3n) is 5.09. The minimum atomic E-state index is -0.882. The Kier molecular flexibility index (Phi) is 9.65. The Morgan fingerprint density at radius 2 is 1.85 bits per heavy atom. The van der Waals surface area contributed by atoms with E-state index in [0.717, 1.165) is 25.9 Å². The predicted octanol–water partition coefficient (Wildman–Crippen LogP) is 2.85. The second kappa shape index (κ2) is 12.9. The molecular weight excluding hydrogens is 478 g/mol. The molecule has 2 heterocycles. The maximum atomic E-state index is 13.0. The fraction of sp³-hybridized carbons (Fsp3) is 0.409. The van der Waals surface area contributed by atoms with Crippen LogP contribution in [0.1, 0.15) is 36.0 Å². The lowest BCUT2D eigenvalue weighted by molar-refractivity contribution is -0.136. The van der Waals surface area contributed by atoms with Crippen LogP contribution in [-0.2, 0) is 4.79 Å². The number of hydrogen-bond donors (Lipinski definition) is 5. The Balaban J connectivity index is 1.60. The van der Waals surface area contributed by atoms with Gasteiger partial charge in [-0.1, -0.05) is 23.7 Å². The molecule has 10 nitrogen and oxygen atoms in total. The van der Waals surface area contributed by atoms with E-state index in [1.807, 2.05) is 23.1 Å². The van der Waals surface area contributed by atoms with Gasteiger partial charge < -0.3 is 31.3 Å². The lowest BCUT2D eigenvalue weighted by Crippen LogP contribution is -2.37. The number of nitrogens with zero attached hydrogens (tertiary/aromatic N) is 3. The third kappa shape index (κ3) is 7.70. The minimum absolute atomic E-state index is 0.00449. The fourth-order valence-corrected chi connectivity index (χ4v) is 3.74. The highest BCUT2D eigenvalue weighted by atomic mass is 35.5. The smallest absolute Gasteiger partial charge is 0.305 e. The van der Waals surface area contributed by atoms with E-state index < -0.39 is 5.97 Å². The van der Waals surface area contributed by atoms with Crippen LogP contribution in [-0.4, -0.2) is 69.7 Å². The number of carboxylic acid groups (broad SMARTS) is 1. The number of aromatic nitrogens is 2. The van der Waals surface area contributed by atoms with Crippen LogP contribution in [0.5, 0.6) is 0 Å². The highest BCUT2D eigenvalue weighted by Gasteiger charge is 2.23. The Hall–Kier alpha value is -3.18. The largest absolute Gasteiger partial charge is 0.481 e. The molecule has 0 spiro atoms. The van der Waals surface area contributed by atoms with Gasteiger partial charge in [-0.2, -0.15) is 4.98 Å². The number of amides is 1. The Bertz CT molecular complexity index is 1020. The summed E-state index contributed by atoms with van der Waals surface area (Å²) in [6.07, 6.45) is 4.21. The number of carbonyl (C=O) groups excluding carboxylic acids is 1. The summed E-state index contributed by atoms with van der Waals surface area (Å²) in [5.74, 6) is -0.197. The molecule has 2 aromatic rings. The third-order valence-corrected chi connectivity index (χ3v) is 5.71. The molecule has 3 rings (SSSR count). The zero-order valence-electron chi connectivity index (χ0n) is 18.6. The molecule has 0 aliphatic carbocycles.